The molecule has 0 bridgehead atoms. The predicted molar refractivity (Wildman–Crippen MR) is 123 cm³/mol. The fraction of sp³-hybridized carbons (Fsp3) is 0.577. The van der Waals surface area contributed by atoms with E-state index in [0.717, 1.165) is 44.6 Å². The number of nitrogens with zero attached hydrogens (tertiary/aromatic N) is 2. The van der Waals surface area contributed by atoms with Gasteiger partial charge in [0.2, 0.25) is 0 Å². The van der Waals surface area contributed by atoms with E-state index in [2.05, 4.69) is 24.5 Å². The van der Waals surface area contributed by atoms with Crippen molar-refractivity contribution >= 4 is 5.91 Å². The summed E-state index contributed by atoms with van der Waals surface area (Å²) in [7, 11) is 0. The number of hydrogen-bond acceptors (Lipinski definition) is 4. The van der Waals surface area contributed by atoms with Crippen molar-refractivity contribution in [3.8, 4) is 5.75 Å². The van der Waals surface area contributed by atoms with Crippen molar-refractivity contribution in [3.05, 3.63) is 53.6 Å². The minimum atomic E-state index is 0.0678. The predicted octanol–water partition coefficient (Wildman–Crippen LogP) is 4.30. The summed E-state index contributed by atoms with van der Waals surface area (Å²) in [5, 5.41) is 0. The standard InChI is InChI=1S/C26H36N2O3/c1-20(2)22-8-6-21(7-9-22)19-27-12-10-24(11-13-27)31-25-5-3-4-23(18-25)26(29)28-14-16-30-17-15-28/h3-6,18,22,24H,1,7-17,19H2,2H3/t22-/m1/s1. The van der Waals surface area contributed by atoms with Gasteiger partial charge in [-0.15, -0.1) is 0 Å². The van der Waals surface area contributed by atoms with Gasteiger partial charge in [-0.05, 0) is 63.1 Å². The van der Waals surface area contributed by atoms with Gasteiger partial charge >= 0.3 is 0 Å². The lowest BCUT2D eigenvalue weighted by molar-refractivity contribution is 0.0302. The van der Waals surface area contributed by atoms with Gasteiger partial charge in [0.05, 0.1) is 13.2 Å². The largest absolute Gasteiger partial charge is 0.490 e. The summed E-state index contributed by atoms with van der Waals surface area (Å²) in [5.74, 6) is 1.55. The molecule has 0 spiro atoms. The van der Waals surface area contributed by atoms with Gasteiger partial charge in [-0.1, -0.05) is 29.9 Å². The van der Waals surface area contributed by atoms with Gasteiger partial charge in [-0.25, -0.2) is 0 Å². The molecular formula is C26H36N2O3. The highest BCUT2D eigenvalue weighted by molar-refractivity contribution is 5.94. The Morgan fingerprint density at radius 3 is 2.61 bits per heavy atom. The van der Waals surface area contributed by atoms with Crippen LogP contribution in [-0.4, -0.2) is 67.7 Å². The maximum absolute atomic E-state index is 12.7. The average molecular weight is 425 g/mol. The fourth-order valence-electron chi connectivity index (χ4n) is 4.80. The molecule has 0 radical (unpaired) electrons. The smallest absolute Gasteiger partial charge is 0.254 e. The van der Waals surface area contributed by atoms with Crippen molar-refractivity contribution in [1.29, 1.82) is 0 Å². The molecule has 5 heteroatoms. The zero-order valence-corrected chi connectivity index (χ0v) is 18.9. The molecule has 3 aliphatic rings. The number of rotatable bonds is 6. The number of morpholine rings is 1. The molecule has 2 aliphatic heterocycles. The molecule has 0 N–H and O–H groups in total. The van der Waals surface area contributed by atoms with Crippen LogP contribution in [0.3, 0.4) is 0 Å². The van der Waals surface area contributed by atoms with Crippen LogP contribution in [0.4, 0.5) is 0 Å². The Kier molecular flexibility index (Phi) is 7.46. The van der Waals surface area contributed by atoms with E-state index in [-0.39, 0.29) is 12.0 Å². The fourth-order valence-corrected chi connectivity index (χ4v) is 4.80. The van der Waals surface area contributed by atoms with E-state index in [1.807, 2.05) is 29.2 Å². The lowest BCUT2D eigenvalue weighted by Gasteiger charge is -2.34. The number of benzene rings is 1. The van der Waals surface area contributed by atoms with Crippen molar-refractivity contribution in [2.75, 3.05) is 45.9 Å². The SMILES string of the molecule is C=C(C)[C@@H]1CC=C(CN2CCC(Oc3cccc(C(=O)N4CCOCC4)c3)CC2)CC1. The third-order valence-corrected chi connectivity index (χ3v) is 6.85. The van der Waals surface area contributed by atoms with Crippen LogP contribution in [0, 0.1) is 5.92 Å². The summed E-state index contributed by atoms with van der Waals surface area (Å²) in [5.41, 5.74) is 3.62. The van der Waals surface area contributed by atoms with E-state index in [1.54, 1.807) is 5.57 Å². The molecule has 0 saturated carbocycles. The molecule has 1 atom stereocenters. The second kappa shape index (κ2) is 10.5. The molecule has 5 nitrogen and oxygen atoms in total. The van der Waals surface area contributed by atoms with Gasteiger partial charge in [0.25, 0.3) is 5.91 Å². The number of ether oxygens (including phenoxy) is 2. The van der Waals surface area contributed by atoms with E-state index in [4.69, 9.17) is 9.47 Å². The molecule has 1 aromatic carbocycles. The van der Waals surface area contributed by atoms with Gasteiger partial charge in [0, 0.05) is 38.3 Å². The first-order chi connectivity index (χ1) is 15.1. The topological polar surface area (TPSA) is 42.0 Å². The van der Waals surface area contributed by atoms with Crippen LogP contribution in [-0.2, 0) is 4.74 Å². The maximum atomic E-state index is 12.7. The number of carbonyl (C=O) groups excluding carboxylic acids is 1. The highest BCUT2D eigenvalue weighted by atomic mass is 16.5. The van der Waals surface area contributed by atoms with Crippen molar-refractivity contribution in [2.24, 2.45) is 5.92 Å². The molecule has 2 heterocycles. The third kappa shape index (κ3) is 5.98. The van der Waals surface area contributed by atoms with Crippen molar-refractivity contribution in [1.82, 2.24) is 9.80 Å². The average Bonchev–Trinajstić information content (AvgIpc) is 2.81. The first-order valence-electron chi connectivity index (χ1n) is 11.8. The van der Waals surface area contributed by atoms with Gasteiger partial charge in [-0.2, -0.15) is 0 Å². The number of piperidine rings is 1. The van der Waals surface area contributed by atoms with E-state index in [0.29, 0.717) is 37.8 Å². The Morgan fingerprint density at radius 2 is 1.94 bits per heavy atom. The Labute approximate surface area is 186 Å². The number of carbonyl (C=O) groups is 1. The van der Waals surface area contributed by atoms with Gasteiger partial charge in [-0.3, -0.25) is 9.69 Å². The van der Waals surface area contributed by atoms with Gasteiger partial charge < -0.3 is 14.4 Å². The van der Waals surface area contributed by atoms with Crippen LogP contribution in [0.5, 0.6) is 5.75 Å². The second-order valence-corrected chi connectivity index (χ2v) is 9.21. The Bertz CT molecular complexity index is 805. The zero-order valence-electron chi connectivity index (χ0n) is 18.9. The molecule has 1 amide bonds. The quantitative estimate of drug-likeness (QED) is 0.639. The van der Waals surface area contributed by atoms with Crippen LogP contribution in [0.25, 0.3) is 0 Å². The molecule has 1 aliphatic carbocycles. The van der Waals surface area contributed by atoms with E-state index in [9.17, 15) is 4.79 Å². The highest BCUT2D eigenvalue weighted by Crippen LogP contribution is 2.29. The molecule has 2 saturated heterocycles. The first kappa shape index (κ1) is 22.1. The third-order valence-electron chi connectivity index (χ3n) is 6.85. The van der Waals surface area contributed by atoms with E-state index in [1.165, 1.54) is 18.4 Å². The van der Waals surface area contributed by atoms with Crippen LogP contribution in [0.2, 0.25) is 0 Å². The van der Waals surface area contributed by atoms with Crippen molar-refractivity contribution in [2.45, 2.75) is 45.1 Å². The Morgan fingerprint density at radius 1 is 1.16 bits per heavy atom. The number of likely N-dealkylation sites (tertiary alicyclic amines) is 1. The van der Waals surface area contributed by atoms with Crippen molar-refractivity contribution in [3.63, 3.8) is 0 Å². The summed E-state index contributed by atoms with van der Waals surface area (Å²) in [6.45, 7) is 12.1. The van der Waals surface area contributed by atoms with Crippen LogP contribution in [0.1, 0.15) is 49.4 Å². The second-order valence-electron chi connectivity index (χ2n) is 9.21. The molecular weight excluding hydrogens is 388 g/mol. The van der Waals surface area contributed by atoms with E-state index < -0.39 is 0 Å². The molecule has 2 fully saturated rings. The lowest BCUT2D eigenvalue weighted by atomic mass is 9.85. The maximum Gasteiger partial charge on any atom is 0.254 e. The van der Waals surface area contributed by atoms with E-state index >= 15 is 0 Å². The summed E-state index contributed by atoms with van der Waals surface area (Å²) >= 11 is 0. The molecule has 4 rings (SSSR count). The first-order valence-corrected chi connectivity index (χ1v) is 11.8. The highest BCUT2D eigenvalue weighted by Gasteiger charge is 2.24. The summed E-state index contributed by atoms with van der Waals surface area (Å²) in [6, 6.07) is 7.66. The Balaban J connectivity index is 1.25. The lowest BCUT2D eigenvalue weighted by Crippen LogP contribution is -2.40. The number of amides is 1. The molecule has 0 unspecified atom stereocenters. The Hall–Kier alpha value is -2.11. The van der Waals surface area contributed by atoms with Crippen LogP contribution >= 0.6 is 0 Å². The number of hydrogen-bond donors (Lipinski definition) is 0. The normalized spacial score (nSPS) is 23.3. The monoisotopic (exact) mass is 424 g/mol. The molecule has 0 aromatic heterocycles. The molecule has 168 valence electrons. The number of allylic oxidation sites excluding steroid dienone is 2. The molecule has 31 heavy (non-hydrogen) atoms. The van der Waals surface area contributed by atoms with Crippen LogP contribution in [0.15, 0.2) is 48.1 Å². The van der Waals surface area contributed by atoms with Crippen molar-refractivity contribution < 1.29 is 14.3 Å². The minimum Gasteiger partial charge on any atom is -0.490 e. The van der Waals surface area contributed by atoms with Gasteiger partial charge in [0.1, 0.15) is 11.9 Å². The summed E-state index contributed by atoms with van der Waals surface area (Å²) in [4.78, 5) is 17.2. The van der Waals surface area contributed by atoms with Gasteiger partial charge in [0.15, 0.2) is 0 Å². The zero-order chi connectivity index (χ0) is 21.6. The summed E-state index contributed by atoms with van der Waals surface area (Å²) in [6.07, 6.45) is 8.34. The summed E-state index contributed by atoms with van der Waals surface area (Å²) < 4.78 is 11.6. The molecule has 1 aromatic rings. The van der Waals surface area contributed by atoms with Crippen LogP contribution < -0.4 is 4.74 Å². The minimum absolute atomic E-state index is 0.0678.